The Hall–Kier alpha value is -3.84. The fourth-order valence-corrected chi connectivity index (χ4v) is 8.89. The number of fused-ring (bicyclic) bond motifs is 1. The fourth-order valence-electron chi connectivity index (χ4n) is 7.95. The van der Waals surface area contributed by atoms with Gasteiger partial charge in [-0.15, -0.1) is 13.2 Å². The molecule has 2 bridgehead atoms. The second kappa shape index (κ2) is 16.0. The smallest absolute Gasteiger partial charge is 0.313 e. The molecule has 0 radical (unpaired) electrons. The van der Waals surface area contributed by atoms with Crippen LogP contribution in [0.2, 0.25) is 0 Å². The largest absolute Gasteiger partial charge is 0.455 e. The minimum Gasteiger partial charge on any atom is -0.455 e. The summed E-state index contributed by atoms with van der Waals surface area (Å²) in [6.07, 6.45) is 2.51. The quantitative estimate of drug-likeness (QED) is 0.150. The number of para-hydroxylation sites is 1. The number of halogens is 1. The summed E-state index contributed by atoms with van der Waals surface area (Å²) in [7, 11) is 1.49. The molecule has 1 spiro atoms. The van der Waals surface area contributed by atoms with Crippen molar-refractivity contribution in [3.05, 3.63) is 90.5 Å². The molecular weight excluding hydrogens is 706 g/mol. The van der Waals surface area contributed by atoms with E-state index in [-0.39, 0.29) is 49.4 Å². The number of esters is 1. The second-order valence-corrected chi connectivity index (χ2v) is 14.3. The molecule has 0 saturated carbocycles. The summed E-state index contributed by atoms with van der Waals surface area (Å²) >= 11 is 3.71. The van der Waals surface area contributed by atoms with Crippen molar-refractivity contribution in [3.8, 4) is 0 Å². The van der Waals surface area contributed by atoms with Crippen molar-refractivity contribution in [1.82, 2.24) is 10.2 Å². The first-order chi connectivity index (χ1) is 24.0. The number of nitrogens with zero attached hydrogens (tertiary/aromatic N) is 2. The first-order valence-corrected chi connectivity index (χ1v) is 17.8. The van der Waals surface area contributed by atoms with Crippen LogP contribution < -0.4 is 10.2 Å². The summed E-state index contributed by atoms with van der Waals surface area (Å²) in [5, 5.41) is 13.1. The third-order valence-electron chi connectivity index (χ3n) is 9.93. The maximum absolute atomic E-state index is 14.8. The maximum atomic E-state index is 14.8. The molecule has 1 unspecified atom stereocenters. The Morgan fingerprint density at radius 2 is 1.84 bits per heavy atom. The van der Waals surface area contributed by atoms with Gasteiger partial charge in [-0.2, -0.15) is 0 Å². The monoisotopic (exact) mass is 751 g/mol. The Morgan fingerprint density at radius 1 is 1.14 bits per heavy atom. The number of anilines is 1. The van der Waals surface area contributed by atoms with E-state index in [1.165, 1.54) is 12.0 Å². The predicted molar refractivity (Wildman–Crippen MR) is 191 cm³/mol. The standard InChI is InChI=1S/C38H46BrN3O8/c1-6-8-17-28(44)40-27(22-48-5)32(25-15-10-9-11-16-25)49-37(47)29-30-35(45)42(19-20-43)34(38(30)21-26(39)33(29)50-38)36(46)41(18-7-2)31-23(3)13-12-14-24(31)4/h6-7,9-16,26-27,29-30,32-34,43H,1-2,8,17-22H2,3-5H3,(H,40,44)/t26?,27-,29+,30-,32-,33+,34+,38-/m0/s1. The van der Waals surface area contributed by atoms with Gasteiger partial charge in [0.25, 0.3) is 5.91 Å². The summed E-state index contributed by atoms with van der Waals surface area (Å²) in [4.78, 5) is 59.2. The first-order valence-electron chi connectivity index (χ1n) is 16.9. The van der Waals surface area contributed by atoms with Crippen LogP contribution in [-0.2, 0) is 33.4 Å². The highest BCUT2D eigenvalue weighted by atomic mass is 79.9. The molecule has 2 aromatic carbocycles. The lowest BCUT2D eigenvalue weighted by Crippen LogP contribution is -2.57. The van der Waals surface area contributed by atoms with Crippen molar-refractivity contribution < 1.29 is 38.5 Å². The van der Waals surface area contributed by atoms with Gasteiger partial charge in [-0.1, -0.05) is 76.6 Å². The highest BCUT2D eigenvalue weighted by Crippen LogP contribution is 2.60. The number of alkyl halides is 1. The topological polar surface area (TPSA) is 135 Å². The number of aliphatic hydroxyl groups excluding tert-OH is 1. The van der Waals surface area contributed by atoms with Crippen LogP contribution in [0.25, 0.3) is 0 Å². The van der Waals surface area contributed by atoms with E-state index in [4.69, 9.17) is 14.2 Å². The number of methoxy groups -OCH3 is 1. The van der Waals surface area contributed by atoms with E-state index in [0.717, 1.165) is 11.1 Å². The van der Waals surface area contributed by atoms with E-state index in [9.17, 15) is 24.3 Å². The van der Waals surface area contributed by atoms with Gasteiger partial charge >= 0.3 is 5.97 Å². The van der Waals surface area contributed by atoms with Gasteiger partial charge in [-0.25, -0.2) is 0 Å². The van der Waals surface area contributed by atoms with Crippen molar-refractivity contribution in [2.45, 2.75) is 67.8 Å². The lowest BCUT2D eigenvalue weighted by Gasteiger charge is -2.37. The van der Waals surface area contributed by atoms with Crippen molar-refractivity contribution in [2.75, 3.05) is 38.3 Å². The van der Waals surface area contributed by atoms with E-state index in [1.807, 2.05) is 38.1 Å². The zero-order valence-corrected chi connectivity index (χ0v) is 30.3. The van der Waals surface area contributed by atoms with Gasteiger partial charge in [0.1, 0.15) is 17.7 Å². The number of carbonyl (C=O) groups is 4. The van der Waals surface area contributed by atoms with Crippen LogP contribution in [0.3, 0.4) is 0 Å². The second-order valence-electron chi connectivity index (χ2n) is 13.1. The van der Waals surface area contributed by atoms with Crippen LogP contribution in [0.5, 0.6) is 0 Å². The molecule has 3 aliphatic heterocycles. The molecule has 2 N–H and O–H groups in total. The number of nitrogens with one attached hydrogen (secondary N) is 1. The van der Waals surface area contributed by atoms with Gasteiger partial charge in [0.2, 0.25) is 11.8 Å². The molecule has 8 atom stereocenters. The number of hydrogen-bond donors (Lipinski definition) is 2. The van der Waals surface area contributed by atoms with E-state index in [0.29, 0.717) is 24.1 Å². The summed E-state index contributed by atoms with van der Waals surface area (Å²) in [5.41, 5.74) is 1.71. The zero-order valence-electron chi connectivity index (χ0n) is 28.8. The normalized spacial score (nSPS) is 26.2. The van der Waals surface area contributed by atoms with Crippen molar-refractivity contribution >= 4 is 45.3 Å². The molecule has 12 heteroatoms. The predicted octanol–water partition coefficient (Wildman–Crippen LogP) is 3.94. The van der Waals surface area contributed by atoms with Crippen LogP contribution in [0.4, 0.5) is 5.69 Å². The third kappa shape index (κ3) is 6.90. The highest BCUT2D eigenvalue weighted by molar-refractivity contribution is 9.09. The first kappa shape index (κ1) is 37.4. The van der Waals surface area contributed by atoms with Crippen LogP contribution >= 0.6 is 15.9 Å². The molecule has 0 aromatic heterocycles. The van der Waals surface area contributed by atoms with Crippen LogP contribution in [-0.4, -0.2) is 95.7 Å². The highest BCUT2D eigenvalue weighted by Gasteiger charge is 2.77. The van der Waals surface area contributed by atoms with Gasteiger partial charge < -0.3 is 34.4 Å². The van der Waals surface area contributed by atoms with Crippen LogP contribution in [0.15, 0.2) is 73.8 Å². The van der Waals surface area contributed by atoms with Crippen molar-refractivity contribution in [3.63, 3.8) is 0 Å². The lowest BCUT2D eigenvalue weighted by molar-refractivity contribution is -0.163. The number of allylic oxidation sites excluding steroid dienone is 1. The lowest BCUT2D eigenvalue weighted by atomic mass is 9.70. The molecule has 50 heavy (non-hydrogen) atoms. The number of carbonyl (C=O) groups excluding carboxylic acids is 4. The number of amides is 3. The molecule has 5 rings (SSSR count). The summed E-state index contributed by atoms with van der Waals surface area (Å²) in [5.74, 6) is -3.90. The average Bonchev–Trinajstić information content (AvgIpc) is 3.69. The number of likely N-dealkylation sites (tertiary alicyclic amines) is 1. The zero-order chi connectivity index (χ0) is 36.2. The van der Waals surface area contributed by atoms with Crippen molar-refractivity contribution in [2.24, 2.45) is 11.8 Å². The molecule has 3 heterocycles. The molecule has 3 fully saturated rings. The molecule has 2 aromatic rings. The molecule has 3 aliphatic rings. The molecule has 3 amide bonds. The number of rotatable bonds is 16. The molecule has 3 saturated heterocycles. The van der Waals surface area contributed by atoms with Gasteiger partial charge in [0.15, 0.2) is 0 Å². The molecular formula is C38H46BrN3O8. The van der Waals surface area contributed by atoms with Gasteiger partial charge in [0, 0.05) is 37.1 Å². The molecule has 0 aliphatic carbocycles. The van der Waals surface area contributed by atoms with Gasteiger partial charge in [-0.05, 0) is 43.4 Å². The summed E-state index contributed by atoms with van der Waals surface area (Å²) in [6, 6.07) is 12.9. The SMILES string of the molecule is C=CCCC(=O)N[C@@H](COC)[C@@H](OC(=O)[C@H]1[C@@H]2O[C@@]3(CC2Br)[C@@H]1C(=O)N(CCO)[C@@H]3C(=O)N(CC=C)c1c(C)cccc1C)c1ccccc1. The van der Waals surface area contributed by atoms with E-state index >= 15 is 0 Å². The van der Waals surface area contributed by atoms with Crippen LogP contribution in [0.1, 0.15) is 42.1 Å². The van der Waals surface area contributed by atoms with Gasteiger partial charge in [0.05, 0.1) is 37.2 Å². The average molecular weight is 753 g/mol. The fraction of sp³-hybridized carbons (Fsp3) is 0.474. The van der Waals surface area contributed by atoms with E-state index in [2.05, 4.69) is 34.4 Å². The summed E-state index contributed by atoms with van der Waals surface area (Å²) in [6.45, 7) is 11.1. The number of aryl methyl sites for hydroxylation is 2. The minimum atomic E-state index is -1.37. The maximum Gasteiger partial charge on any atom is 0.313 e. The number of β-amino-alcohol motifs (C(OH)–C–C–N with tert-alkyl or cyclic N) is 1. The number of aliphatic hydroxyl groups is 1. The Kier molecular flexibility index (Phi) is 12.0. The van der Waals surface area contributed by atoms with E-state index in [1.54, 1.807) is 41.3 Å². The number of benzene rings is 2. The molecule has 11 nitrogen and oxygen atoms in total. The Labute approximate surface area is 301 Å². The third-order valence-corrected chi connectivity index (χ3v) is 10.8. The Morgan fingerprint density at radius 3 is 2.46 bits per heavy atom. The number of ether oxygens (including phenoxy) is 3. The van der Waals surface area contributed by atoms with Gasteiger partial charge in [-0.3, -0.25) is 19.2 Å². The minimum absolute atomic E-state index is 0.0446. The van der Waals surface area contributed by atoms with Crippen LogP contribution in [0, 0.1) is 25.7 Å². The number of hydrogen-bond acceptors (Lipinski definition) is 8. The Bertz CT molecular complexity index is 1580. The van der Waals surface area contributed by atoms with Crippen molar-refractivity contribution in [1.29, 1.82) is 0 Å². The summed E-state index contributed by atoms with van der Waals surface area (Å²) < 4.78 is 18.4. The van der Waals surface area contributed by atoms with E-state index < -0.39 is 53.6 Å². The Balaban J connectivity index is 1.52. The molecule has 268 valence electrons.